The third kappa shape index (κ3) is 6.65. The summed E-state index contributed by atoms with van der Waals surface area (Å²) in [5, 5.41) is 6.34. The van der Waals surface area contributed by atoms with Crippen molar-refractivity contribution in [1.82, 2.24) is 20.1 Å². The number of rotatable bonds is 7. The maximum Gasteiger partial charge on any atom is 0.242 e. The average Bonchev–Trinajstić information content (AvgIpc) is 3.01. The lowest BCUT2D eigenvalue weighted by Crippen LogP contribution is -2.45. The quantitative estimate of drug-likeness (QED) is 0.595. The molecular formula is C18H33N5OS. The molecule has 1 N–H and O–H groups in total. The van der Waals surface area contributed by atoms with Gasteiger partial charge in [0, 0.05) is 37.5 Å². The summed E-state index contributed by atoms with van der Waals surface area (Å²) in [4.78, 5) is 25.3. The second kappa shape index (κ2) is 9.75. The Morgan fingerprint density at radius 1 is 1.28 bits per heavy atom. The van der Waals surface area contributed by atoms with Gasteiger partial charge in [-0.05, 0) is 20.8 Å². The molecule has 0 fully saturated rings. The number of nitrogens with zero attached hydrogens (tertiary/aromatic N) is 4. The van der Waals surface area contributed by atoms with E-state index in [1.807, 2.05) is 37.6 Å². The summed E-state index contributed by atoms with van der Waals surface area (Å²) >= 11 is 1.63. The number of likely N-dealkylation sites (N-methyl/N-ethyl adjacent to an activating group) is 2. The van der Waals surface area contributed by atoms with Crippen LogP contribution in [0.25, 0.3) is 0 Å². The van der Waals surface area contributed by atoms with Gasteiger partial charge in [-0.25, -0.2) is 9.98 Å². The van der Waals surface area contributed by atoms with Gasteiger partial charge in [-0.2, -0.15) is 0 Å². The van der Waals surface area contributed by atoms with Crippen LogP contribution in [0.3, 0.4) is 0 Å². The van der Waals surface area contributed by atoms with Crippen molar-refractivity contribution in [2.75, 3.05) is 33.2 Å². The van der Waals surface area contributed by atoms with E-state index >= 15 is 0 Å². The van der Waals surface area contributed by atoms with Crippen LogP contribution in [0, 0.1) is 0 Å². The van der Waals surface area contributed by atoms with Gasteiger partial charge < -0.3 is 15.1 Å². The van der Waals surface area contributed by atoms with Crippen molar-refractivity contribution in [3.8, 4) is 0 Å². The molecule has 25 heavy (non-hydrogen) atoms. The molecule has 1 heterocycles. The van der Waals surface area contributed by atoms with E-state index in [1.165, 1.54) is 0 Å². The Balaban J connectivity index is 2.79. The summed E-state index contributed by atoms with van der Waals surface area (Å²) in [6.45, 7) is 15.5. The molecule has 1 aromatic rings. The molecule has 7 heteroatoms. The Morgan fingerprint density at radius 2 is 1.92 bits per heavy atom. The first-order chi connectivity index (χ1) is 11.7. The zero-order valence-electron chi connectivity index (χ0n) is 16.7. The van der Waals surface area contributed by atoms with Gasteiger partial charge in [-0.1, -0.05) is 20.8 Å². The molecule has 0 saturated heterocycles. The van der Waals surface area contributed by atoms with Gasteiger partial charge in [0.05, 0.1) is 18.8 Å². The minimum atomic E-state index is 0.0515. The molecule has 0 saturated carbocycles. The van der Waals surface area contributed by atoms with Crippen LogP contribution in [0.2, 0.25) is 0 Å². The van der Waals surface area contributed by atoms with Crippen LogP contribution in [-0.4, -0.2) is 59.9 Å². The molecule has 6 nitrogen and oxygen atoms in total. The monoisotopic (exact) mass is 367 g/mol. The summed E-state index contributed by atoms with van der Waals surface area (Å²) in [5.74, 6) is 0.845. The van der Waals surface area contributed by atoms with E-state index in [2.05, 4.69) is 41.4 Å². The number of carbonyl (C=O) groups is 1. The van der Waals surface area contributed by atoms with Gasteiger partial charge in [0.2, 0.25) is 5.91 Å². The number of thiazole rings is 1. The first-order valence-corrected chi connectivity index (χ1v) is 9.82. The molecule has 0 unspecified atom stereocenters. The third-order valence-corrected chi connectivity index (χ3v) is 4.70. The zero-order valence-corrected chi connectivity index (χ0v) is 17.5. The fraction of sp³-hybridized carbons (Fsp3) is 0.722. The van der Waals surface area contributed by atoms with E-state index < -0.39 is 0 Å². The lowest BCUT2D eigenvalue weighted by Gasteiger charge is -2.25. The molecule has 1 rings (SSSR count). The van der Waals surface area contributed by atoms with Gasteiger partial charge in [-0.15, -0.1) is 11.3 Å². The highest BCUT2D eigenvalue weighted by atomic mass is 32.1. The van der Waals surface area contributed by atoms with Crippen LogP contribution in [0.4, 0.5) is 0 Å². The lowest BCUT2D eigenvalue weighted by molar-refractivity contribution is -0.131. The van der Waals surface area contributed by atoms with Gasteiger partial charge in [0.1, 0.15) is 5.01 Å². The van der Waals surface area contributed by atoms with E-state index in [4.69, 9.17) is 0 Å². The minimum absolute atomic E-state index is 0.0515. The first kappa shape index (κ1) is 21.4. The molecule has 1 aromatic heterocycles. The third-order valence-electron chi connectivity index (χ3n) is 3.87. The lowest BCUT2D eigenvalue weighted by atomic mass is 9.93. The summed E-state index contributed by atoms with van der Waals surface area (Å²) in [6.07, 6.45) is 0. The minimum Gasteiger partial charge on any atom is -0.357 e. The fourth-order valence-corrected chi connectivity index (χ4v) is 3.24. The molecule has 0 aromatic carbocycles. The van der Waals surface area contributed by atoms with E-state index in [0.29, 0.717) is 13.1 Å². The highest BCUT2D eigenvalue weighted by Gasteiger charge is 2.18. The molecule has 142 valence electrons. The van der Waals surface area contributed by atoms with Crippen molar-refractivity contribution in [2.24, 2.45) is 4.99 Å². The number of nitrogens with one attached hydrogen (secondary N) is 1. The van der Waals surface area contributed by atoms with E-state index in [9.17, 15) is 4.79 Å². The normalized spacial score (nSPS) is 12.2. The molecule has 0 atom stereocenters. The van der Waals surface area contributed by atoms with Crippen LogP contribution < -0.4 is 5.32 Å². The molecule has 0 aliphatic rings. The molecular weight excluding hydrogens is 334 g/mol. The van der Waals surface area contributed by atoms with Gasteiger partial charge in [0.25, 0.3) is 0 Å². The van der Waals surface area contributed by atoms with Gasteiger partial charge >= 0.3 is 0 Å². The molecule has 0 aliphatic heterocycles. The number of hydrogen-bond donors (Lipinski definition) is 1. The van der Waals surface area contributed by atoms with Crippen molar-refractivity contribution >= 4 is 23.2 Å². The summed E-state index contributed by atoms with van der Waals surface area (Å²) in [6, 6.07) is 0. The van der Waals surface area contributed by atoms with E-state index in [0.717, 1.165) is 36.3 Å². The Bertz CT molecular complexity index is 572. The fourth-order valence-electron chi connectivity index (χ4n) is 2.29. The average molecular weight is 368 g/mol. The largest absolute Gasteiger partial charge is 0.357 e. The Kier molecular flexibility index (Phi) is 8.35. The standard InChI is InChI=1S/C18H33N5OS/c1-8-19-17(22(7)12-16(24)23(9-2)10-3)20-11-15-21-14(13-25-15)18(4,5)6/h13H,8-12H2,1-7H3,(H,19,20). The van der Waals surface area contributed by atoms with Crippen LogP contribution in [0.15, 0.2) is 10.4 Å². The van der Waals surface area contributed by atoms with Crippen LogP contribution in [0.1, 0.15) is 52.2 Å². The van der Waals surface area contributed by atoms with Crippen LogP contribution in [-0.2, 0) is 16.8 Å². The SMILES string of the molecule is CCNC(=NCc1nc(C(C)(C)C)cs1)N(C)CC(=O)N(CC)CC. The van der Waals surface area contributed by atoms with Crippen molar-refractivity contribution in [2.45, 2.75) is 53.5 Å². The number of carbonyl (C=O) groups excluding carboxylic acids is 1. The van der Waals surface area contributed by atoms with Crippen molar-refractivity contribution < 1.29 is 4.79 Å². The predicted octanol–water partition coefficient (Wildman–Crippen LogP) is 2.71. The summed E-state index contributed by atoms with van der Waals surface area (Å²) in [5.41, 5.74) is 1.15. The van der Waals surface area contributed by atoms with Crippen molar-refractivity contribution in [1.29, 1.82) is 0 Å². The molecule has 1 amide bonds. The maximum absolute atomic E-state index is 12.3. The predicted molar refractivity (Wildman–Crippen MR) is 106 cm³/mol. The van der Waals surface area contributed by atoms with Gasteiger partial charge in [0.15, 0.2) is 5.96 Å². The highest BCUT2D eigenvalue weighted by molar-refractivity contribution is 7.09. The van der Waals surface area contributed by atoms with E-state index in [1.54, 1.807) is 11.3 Å². The van der Waals surface area contributed by atoms with Crippen LogP contribution in [0.5, 0.6) is 0 Å². The Morgan fingerprint density at radius 3 is 2.40 bits per heavy atom. The van der Waals surface area contributed by atoms with E-state index in [-0.39, 0.29) is 11.3 Å². The van der Waals surface area contributed by atoms with Crippen molar-refractivity contribution in [3.63, 3.8) is 0 Å². The Labute approximate surface area is 156 Å². The number of guanidine groups is 1. The van der Waals surface area contributed by atoms with Gasteiger partial charge in [-0.3, -0.25) is 4.79 Å². The first-order valence-electron chi connectivity index (χ1n) is 8.94. The molecule has 0 spiro atoms. The number of aliphatic imine (C=N–C) groups is 1. The zero-order chi connectivity index (χ0) is 19.0. The molecule has 0 bridgehead atoms. The molecule has 0 aliphatic carbocycles. The number of aromatic nitrogens is 1. The smallest absolute Gasteiger partial charge is 0.242 e. The maximum atomic E-state index is 12.3. The number of hydrogen-bond acceptors (Lipinski definition) is 4. The second-order valence-electron chi connectivity index (χ2n) is 6.97. The Hall–Kier alpha value is -1.63. The van der Waals surface area contributed by atoms with Crippen LogP contribution >= 0.6 is 11.3 Å². The molecule has 0 radical (unpaired) electrons. The number of amides is 1. The second-order valence-corrected chi connectivity index (χ2v) is 7.91. The highest BCUT2D eigenvalue weighted by Crippen LogP contribution is 2.24. The summed E-state index contributed by atoms with van der Waals surface area (Å²) in [7, 11) is 1.89. The summed E-state index contributed by atoms with van der Waals surface area (Å²) < 4.78 is 0. The topological polar surface area (TPSA) is 60.8 Å². The van der Waals surface area contributed by atoms with Crippen molar-refractivity contribution in [3.05, 3.63) is 16.1 Å².